The van der Waals surface area contributed by atoms with Gasteiger partial charge in [0.25, 0.3) is 11.8 Å². The van der Waals surface area contributed by atoms with Gasteiger partial charge in [-0.15, -0.1) is 0 Å². The maximum Gasteiger partial charge on any atom is 0.253 e. The summed E-state index contributed by atoms with van der Waals surface area (Å²) in [7, 11) is 1.60. The molecule has 6 nitrogen and oxygen atoms in total. The number of benzene rings is 2. The van der Waals surface area contributed by atoms with Gasteiger partial charge in [-0.25, -0.2) is 0 Å². The van der Waals surface area contributed by atoms with Crippen LogP contribution in [0.25, 0.3) is 0 Å². The van der Waals surface area contributed by atoms with Crippen molar-refractivity contribution in [1.82, 2.24) is 15.1 Å². The molecule has 3 rings (SSSR count). The lowest BCUT2D eigenvalue weighted by atomic mass is 10.2. The third kappa shape index (κ3) is 5.08. The van der Waals surface area contributed by atoms with Crippen LogP contribution >= 0.6 is 0 Å². The molecular weight excluding hydrogens is 342 g/mol. The van der Waals surface area contributed by atoms with Gasteiger partial charge in [0.2, 0.25) is 0 Å². The monoisotopic (exact) mass is 367 g/mol. The summed E-state index contributed by atoms with van der Waals surface area (Å²) in [5, 5.41) is 2.94. The highest BCUT2D eigenvalue weighted by Gasteiger charge is 2.21. The summed E-state index contributed by atoms with van der Waals surface area (Å²) in [6.45, 7) is 4.40. The van der Waals surface area contributed by atoms with Gasteiger partial charge in [0.15, 0.2) is 0 Å². The summed E-state index contributed by atoms with van der Waals surface area (Å²) in [5.41, 5.74) is 1.35. The van der Waals surface area contributed by atoms with Crippen LogP contribution in [0, 0.1) is 0 Å². The van der Waals surface area contributed by atoms with Crippen molar-refractivity contribution in [2.24, 2.45) is 0 Å². The molecule has 1 aliphatic rings. The number of hydrogen-bond acceptors (Lipinski definition) is 4. The molecule has 0 saturated carbocycles. The number of nitrogens with zero attached hydrogens (tertiary/aromatic N) is 2. The van der Waals surface area contributed by atoms with Crippen molar-refractivity contribution in [3.8, 4) is 5.75 Å². The Morgan fingerprint density at radius 2 is 1.59 bits per heavy atom. The second kappa shape index (κ2) is 9.19. The fourth-order valence-corrected chi connectivity index (χ4v) is 3.11. The van der Waals surface area contributed by atoms with E-state index in [9.17, 15) is 9.59 Å². The molecule has 0 aromatic heterocycles. The first-order valence-electron chi connectivity index (χ1n) is 9.16. The smallest absolute Gasteiger partial charge is 0.253 e. The number of methoxy groups -OCH3 is 1. The Morgan fingerprint density at radius 1 is 0.926 bits per heavy atom. The predicted molar refractivity (Wildman–Crippen MR) is 104 cm³/mol. The van der Waals surface area contributed by atoms with Crippen molar-refractivity contribution in [1.29, 1.82) is 0 Å². The lowest BCUT2D eigenvalue weighted by molar-refractivity contribution is 0.0638. The number of ether oxygens (including phenoxy) is 1. The predicted octanol–water partition coefficient (Wildman–Crippen LogP) is 1.88. The first-order valence-corrected chi connectivity index (χ1v) is 9.16. The third-order valence-corrected chi connectivity index (χ3v) is 4.75. The molecule has 0 unspecified atom stereocenters. The lowest BCUT2D eigenvalue weighted by Crippen LogP contribution is -2.50. The van der Waals surface area contributed by atoms with Gasteiger partial charge in [-0.3, -0.25) is 14.5 Å². The van der Waals surface area contributed by atoms with Gasteiger partial charge in [-0.1, -0.05) is 18.2 Å². The van der Waals surface area contributed by atoms with Crippen molar-refractivity contribution in [3.05, 3.63) is 65.7 Å². The summed E-state index contributed by atoms with van der Waals surface area (Å²) in [4.78, 5) is 28.8. The number of amides is 2. The largest absolute Gasteiger partial charge is 0.497 e. The van der Waals surface area contributed by atoms with Crippen LogP contribution in [0.3, 0.4) is 0 Å². The number of hydrogen-bond donors (Lipinski definition) is 1. The number of carbonyl (C=O) groups is 2. The standard InChI is InChI=1S/C21H25N3O3/c1-27-19-9-7-17(8-10-19)20(25)22-11-12-23-13-15-24(16-14-23)21(26)18-5-3-2-4-6-18/h2-10H,11-16H2,1H3,(H,22,25). The summed E-state index contributed by atoms with van der Waals surface area (Å²) in [5.74, 6) is 0.730. The minimum Gasteiger partial charge on any atom is -0.497 e. The van der Waals surface area contributed by atoms with E-state index >= 15 is 0 Å². The quantitative estimate of drug-likeness (QED) is 0.847. The molecule has 6 heteroatoms. The van der Waals surface area contributed by atoms with Gasteiger partial charge in [0, 0.05) is 50.4 Å². The molecule has 1 fully saturated rings. The van der Waals surface area contributed by atoms with Crippen LogP contribution < -0.4 is 10.1 Å². The number of piperazine rings is 1. The van der Waals surface area contributed by atoms with Crippen molar-refractivity contribution < 1.29 is 14.3 Å². The maximum atomic E-state index is 12.5. The Balaban J connectivity index is 1.39. The highest BCUT2D eigenvalue weighted by Crippen LogP contribution is 2.11. The second-order valence-electron chi connectivity index (χ2n) is 6.48. The Morgan fingerprint density at radius 3 is 2.22 bits per heavy atom. The Hall–Kier alpha value is -2.86. The zero-order valence-electron chi connectivity index (χ0n) is 15.6. The molecular formula is C21H25N3O3. The summed E-state index contributed by atoms with van der Waals surface area (Å²) in [6, 6.07) is 16.4. The van der Waals surface area contributed by atoms with Crippen molar-refractivity contribution in [3.63, 3.8) is 0 Å². The van der Waals surface area contributed by atoms with Crippen LogP contribution in [0.5, 0.6) is 5.75 Å². The van der Waals surface area contributed by atoms with E-state index in [1.54, 1.807) is 31.4 Å². The minimum absolute atomic E-state index is 0.0862. The fraction of sp³-hybridized carbons (Fsp3) is 0.333. The zero-order chi connectivity index (χ0) is 19.1. The van der Waals surface area contributed by atoms with Crippen LogP contribution in [0.1, 0.15) is 20.7 Å². The van der Waals surface area contributed by atoms with Gasteiger partial charge in [-0.05, 0) is 36.4 Å². The highest BCUT2D eigenvalue weighted by molar-refractivity contribution is 5.94. The van der Waals surface area contributed by atoms with Crippen LogP contribution in [0.2, 0.25) is 0 Å². The molecule has 2 aromatic rings. The average molecular weight is 367 g/mol. The van der Waals surface area contributed by atoms with E-state index in [0.717, 1.165) is 30.9 Å². The van der Waals surface area contributed by atoms with Gasteiger partial charge in [0.1, 0.15) is 5.75 Å². The molecule has 0 spiro atoms. The van der Waals surface area contributed by atoms with Gasteiger partial charge in [-0.2, -0.15) is 0 Å². The van der Waals surface area contributed by atoms with Crippen LogP contribution in [0.15, 0.2) is 54.6 Å². The van der Waals surface area contributed by atoms with Crippen molar-refractivity contribution in [2.75, 3.05) is 46.4 Å². The van der Waals surface area contributed by atoms with Gasteiger partial charge in [0.05, 0.1) is 7.11 Å². The number of nitrogens with one attached hydrogen (secondary N) is 1. The average Bonchev–Trinajstić information content (AvgIpc) is 2.74. The topological polar surface area (TPSA) is 61.9 Å². The van der Waals surface area contributed by atoms with Crippen LogP contribution in [-0.4, -0.2) is 68.0 Å². The first-order chi connectivity index (χ1) is 13.2. The summed E-state index contributed by atoms with van der Waals surface area (Å²) in [6.07, 6.45) is 0. The molecule has 0 bridgehead atoms. The Kier molecular flexibility index (Phi) is 6.44. The molecule has 0 atom stereocenters. The third-order valence-electron chi connectivity index (χ3n) is 4.75. The van der Waals surface area contributed by atoms with E-state index in [0.29, 0.717) is 25.2 Å². The highest BCUT2D eigenvalue weighted by atomic mass is 16.5. The molecule has 1 N–H and O–H groups in total. The van der Waals surface area contributed by atoms with Crippen LogP contribution in [-0.2, 0) is 0 Å². The number of carbonyl (C=O) groups excluding carboxylic acids is 2. The van der Waals surface area contributed by atoms with E-state index < -0.39 is 0 Å². The van der Waals surface area contributed by atoms with E-state index in [1.165, 1.54) is 0 Å². The van der Waals surface area contributed by atoms with Crippen molar-refractivity contribution >= 4 is 11.8 Å². The van der Waals surface area contributed by atoms with E-state index in [1.807, 2.05) is 35.2 Å². The molecule has 0 radical (unpaired) electrons. The Labute approximate surface area is 159 Å². The maximum absolute atomic E-state index is 12.5. The molecule has 2 amide bonds. The molecule has 27 heavy (non-hydrogen) atoms. The SMILES string of the molecule is COc1ccc(C(=O)NCCN2CCN(C(=O)c3ccccc3)CC2)cc1. The molecule has 2 aromatic carbocycles. The summed E-state index contributed by atoms with van der Waals surface area (Å²) >= 11 is 0. The molecule has 142 valence electrons. The van der Waals surface area contributed by atoms with E-state index in [2.05, 4.69) is 10.2 Å². The second-order valence-corrected chi connectivity index (χ2v) is 6.48. The van der Waals surface area contributed by atoms with Crippen LogP contribution in [0.4, 0.5) is 0 Å². The van der Waals surface area contributed by atoms with Crippen molar-refractivity contribution in [2.45, 2.75) is 0 Å². The molecule has 1 aliphatic heterocycles. The molecule has 1 saturated heterocycles. The first kappa shape index (κ1) is 18.9. The van der Waals surface area contributed by atoms with E-state index in [4.69, 9.17) is 4.74 Å². The molecule has 1 heterocycles. The fourth-order valence-electron chi connectivity index (χ4n) is 3.11. The van der Waals surface area contributed by atoms with E-state index in [-0.39, 0.29) is 11.8 Å². The van der Waals surface area contributed by atoms with Gasteiger partial charge < -0.3 is 15.0 Å². The minimum atomic E-state index is -0.0875. The summed E-state index contributed by atoms with van der Waals surface area (Å²) < 4.78 is 5.10. The number of rotatable bonds is 6. The molecule has 0 aliphatic carbocycles. The lowest BCUT2D eigenvalue weighted by Gasteiger charge is -2.34. The zero-order valence-corrected chi connectivity index (χ0v) is 15.6. The van der Waals surface area contributed by atoms with Gasteiger partial charge >= 0.3 is 0 Å². The Bertz CT molecular complexity index is 754. The normalized spacial score (nSPS) is 14.6.